The zero-order valence-electron chi connectivity index (χ0n) is 12.3. The Hall–Kier alpha value is -2.65. The van der Waals surface area contributed by atoms with Crippen LogP contribution < -0.4 is 9.46 Å². The zero-order valence-corrected chi connectivity index (χ0v) is 13.9. The Bertz CT molecular complexity index is 1020. The van der Waals surface area contributed by atoms with E-state index in [0.717, 1.165) is 4.52 Å². The molecular formula is C14H11ClN4O4S. The molecule has 1 aromatic carbocycles. The highest BCUT2D eigenvalue weighted by atomic mass is 35.5. The molecule has 0 radical (unpaired) electrons. The van der Waals surface area contributed by atoms with Crippen LogP contribution in [-0.2, 0) is 10.0 Å². The molecule has 0 unspecified atom stereocenters. The first kappa shape index (κ1) is 16.2. The van der Waals surface area contributed by atoms with Crippen LogP contribution in [0.2, 0.25) is 5.15 Å². The number of carbonyl (C=O) groups is 1. The summed E-state index contributed by atoms with van der Waals surface area (Å²) >= 11 is 5.90. The first-order valence-electron chi connectivity index (χ1n) is 6.68. The molecule has 3 aromatic rings. The summed E-state index contributed by atoms with van der Waals surface area (Å²) in [5.41, 5.74) is 0.794. The van der Waals surface area contributed by atoms with Crippen molar-refractivity contribution < 1.29 is 17.9 Å². The molecular weight excluding hydrogens is 356 g/mol. The summed E-state index contributed by atoms with van der Waals surface area (Å²) in [4.78, 5) is 15.7. The topological polar surface area (TPSA) is 103 Å². The van der Waals surface area contributed by atoms with Gasteiger partial charge in [-0.3, -0.25) is 0 Å². The summed E-state index contributed by atoms with van der Waals surface area (Å²) in [6, 6.07) is 11.3. The average molecular weight is 367 g/mol. The molecule has 0 saturated heterocycles. The number of para-hydroxylation sites is 1. The van der Waals surface area contributed by atoms with E-state index < -0.39 is 21.1 Å². The number of nitrogens with one attached hydrogen (secondary N) is 1. The number of aryl methyl sites for hydroxylation is 1. The molecule has 0 bridgehead atoms. The van der Waals surface area contributed by atoms with Crippen LogP contribution in [0.25, 0.3) is 5.65 Å². The quantitative estimate of drug-likeness (QED) is 0.762. The van der Waals surface area contributed by atoms with E-state index in [1.807, 2.05) is 0 Å². The van der Waals surface area contributed by atoms with E-state index >= 15 is 0 Å². The first-order chi connectivity index (χ1) is 11.4. The summed E-state index contributed by atoms with van der Waals surface area (Å²) in [6.45, 7) is 1.68. The van der Waals surface area contributed by atoms with Gasteiger partial charge >= 0.3 is 6.09 Å². The van der Waals surface area contributed by atoms with Crippen molar-refractivity contribution in [3.8, 4) is 5.75 Å². The third-order valence-corrected chi connectivity index (χ3v) is 4.64. The molecule has 3 rings (SSSR count). The van der Waals surface area contributed by atoms with Crippen molar-refractivity contribution in [3.05, 3.63) is 53.3 Å². The van der Waals surface area contributed by atoms with E-state index in [-0.39, 0.29) is 16.5 Å². The Balaban J connectivity index is 1.92. The van der Waals surface area contributed by atoms with Gasteiger partial charge in [-0.25, -0.2) is 14.5 Å². The third-order valence-electron chi connectivity index (χ3n) is 2.96. The van der Waals surface area contributed by atoms with Crippen LogP contribution in [0.15, 0.2) is 47.5 Å². The number of halogens is 1. The van der Waals surface area contributed by atoms with Crippen LogP contribution >= 0.6 is 11.6 Å². The van der Waals surface area contributed by atoms with Gasteiger partial charge in [-0.1, -0.05) is 29.8 Å². The summed E-state index contributed by atoms with van der Waals surface area (Å²) in [5, 5.41) is 3.32. The molecule has 8 nitrogen and oxygen atoms in total. The van der Waals surface area contributed by atoms with Gasteiger partial charge in [-0.15, -0.1) is 0 Å². The highest BCUT2D eigenvalue weighted by Gasteiger charge is 2.28. The number of fused-ring (bicyclic) bond motifs is 1. The summed E-state index contributed by atoms with van der Waals surface area (Å²) in [7, 11) is -4.33. The minimum Gasteiger partial charge on any atom is -0.410 e. The van der Waals surface area contributed by atoms with Crippen LogP contribution in [0.1, 0.15) is 5.69 Å². The lowest BCUT2D eigenvalue weighted by Gasteiger charge is -2.07. The smallest absolute Gasteiger partial charge is 0.410 e. The van der Waals surface area contributed by atoms with Crippen molar-refractivity contribution in [2.75, 3.05) is 0 Å². The van der Waals surface area contributed by atoms with Crippen LogP contribution in [0.3, 0.4) is 0 Å². The maximum absolute atomic E-state index is 12.4. The Kier molecular flexibility index (Phi) is 4.12. The van der Waals surface area contributed by atoms with Crippen LogP contribution in [0.4, 0.5) is 4.79 Å². The fraction of sp³-hybridized carbons (Fsp3) is 0.0714. The van der Waals surface area contributed by atoms with Gasteiger partial charge in [0.2, 0.25) is 5.03 Å². The van der Waals surface area contributed by atoms with Crippen molar-refractivity contribution in [2.24, 2.45) is 0 Å². The molecule has 0 aliphatic rings. The summed E-state index contributed by atoms with van der Waals surface area (Å²) in [6.07, 6.45) is -1.17. The van der Waals surface area contributed by atoms with Crippen molar-refractivity contribution in [2.45, 2.75) is 11.9 Å². The SMILES string of the molecule is Cc1ccc2nc(Cl)c(S(=O)(=O)NC(=O)Oc3ccccc3)n2n1. The highest BCUT2D eigenvalue weighted by molar-refractivity contribution is 7.90. The normalized spacial score (nSPS) is 11.4. The molecule has 0 aliphatic carbocycles. The number of nitrogens with zero attached hydrogens (tertiary/aromatic N) is 3. The molecule has 2 heterocycles. The lowest BCUT2D eigenvalue weighted by atomic mass is 10.3. The number of benzene rings is 1. The minimum atomic E-state index is -4.33. The van der Waals surface area contributed by atoms with Gasteiger partial charge in [-0.2, -0.15) is 18.0 Å². The number of aromatic nitrogens is 3. The molecule has 24 heavy (non-hydrogen) atoms. The maximum atomic E-state index is 12.4. The largest absolute Gasteiger partial charge is 0.426 e. The van der Waals surface area contributed by atoms with E-state index in [9.17, 15) is 13.2 Å². The fourth-order valence-electron chi connectivity index (χ4n) is 1.98. The molecule has 1 amide bonds. The second kappa shape index (κ2) is 6.10. The van der Waals surface area contributed by atoms with E-state index in [4.69, 9.17) is 16.3 Å². The summed E-state index contributed by atoms with van der Waals surface area (Å²) in [5.74, 6) is 0.198. The number of hydrogen-bond acceptors (Lipinski definition) is 6. The van der Waals surface area contributed by atoms with Gasteiger partial charge in [0.05, 0.1) is 5.69 Å². The van der Waals surface area contributed by atoms with Gasteiger partial charge < -0.3 is 4.74 Å². The number of ether oxygens (including phenoxy) is 1. The average Bonchev–Trinajstić information content (AvgIpc) is 2.83. The molecule has 124 valence electrons. The standard InChI is InChI=1S/C14H11ClN4O4S/c1-9-7-8-11-16-12(15)13(19(11)17-9)24(21,22)18-14(20)23-10-5-3-2-4-6-10/h2-8H,1H3,(H,18,20). The monoisotopic (exact) mass is 366 g/mol. The van der Waals surface area contributed by atoms with Crippen LogP contribution in [0.5, 0.6) is 5.75 Å². The Morgan fingerprint density at radius 3 is 2.62 bits per heavy atom. The Morgan fingerprint density at radius 2 is 1.92 bits per heavy atom. The number of rotatable bonds is 3. The number of carbonyl (C=O) groups excluding carboxylic acids is 1. The second-order valence-electron chi connectivity index (χ2n) is 4.76. The van der Waals surface area contributed by atoms with Gasteiger partial charge in [-0.05, 0) is 31.2 Å². The first-order valence-corrected chi connectivity index (χ1v) is 8.54. The van der Waals surface area contributed by atoms with Gasteiger partial charge in [0.1, 0.15) is 5.75 Å². The van der Waals surface area contributed by atoms with Gasteiger partial charge in [0.25, 0.3) is 10.0 Å². The van der Waals surface area contributed by atoms with E-state index in [2.05, 4.69) is 10.1 Å². The van der Waals surface area contributed by atoms with E-state index in [1.165, 1.54) is 12.1 Å². The fourth-order valence-corrected chi connectivity index (χ4v) is 3.44. The minimum absolute atomic E-state index is 0.198. The molecule has 0 atom stereocenters. The number of imidazole rings is 1. The number of sulfonamides is 1. The predicted molar refractivity (Wildman–Crippen MR) is 85.5 cm³/mol. The molecule has 0 aliphatic heterocycles. The van der Waals surface area contributed by atoms with Gasteiger partial charge in [0, 0.05) is 0 Å². The molecule has 10 heteroatoms. The number of amides is 1. The van der Waals surface area contributed by atoms with E-state index in [1.54, 1.807) is 42.0 Å². The zero-order chi connectivity index (χ0) is 17.3. The van der Waals surface area contributed by atoms with Crippen molar-refractivity contribution in [3.63, 3.8) is 0 Å². The Labute approximate surface area is 142 Å². The van der Waals surface area contributed by atoms with Crippen molar-refractivity contribution >= 4 is 33.4 Å². The van der Waals surface area contributed by atoms with Crippen molar-refractivity contribution in [1.82, 2.24) is 19.3 Å². The molecule has 0 fully saturated rings. The lowest BCUT2D eigenvalue weighted by molar-refractivity contribution is 0.206. The summed E-state index contributed by atoms with van der Waals surface area (Å²) < 4.78 is 32.6. The second-order valence-corrected chi connectivity index (χ2v) is 6.72. The van der Waals surface area contributed by atoms with Crippen LogP contribution in [0, 0.1) is 6.92 Å². The van der Waals surface area contributed by atoms with Gasteiger partial charge in [0.15, 0.2) is 10.8 Å². The Morgan fingerprint density at radius 1 is 1.21 bits per heavy atom. The molecule has 1 N–H and O–H groups in total. The third kappa shape index (κ3) is 3.17. The highest BCUT2D eigenvalue weighted by Crippen LogP contribution is 2.22. The molecule has 0 saturated carbocycles. The molecule has 0 spiro atoms. The number of hydrogen-bond donors (Lipinski definition) is 1. The van der Waals surface area contributed by atoms with Crippen molar-refractivity contribution in [1.29, 1.82) is 0 Å². The maximum Gasteiger partial charge on any atom is 0.426 e. The van der Waals surface area contributed by atoms with Crippen LogP contribution in [-0.4, -0.2) is 29.1 Å². The lowest BCUT2D eigenvalue weighted by Crippen LogP contribution is -2.34. The predicted octanol–water partition coefficient (Wildman–Crippen LogP) is 2.17. The molecule has 2 aromatic heterocycles. The van der Waals surface area contributed by atoms with E-state index in [0.29, 0.717) is 5.69 Å².